The number of hydrogen-bond acceptors (Lipinski definition) is 2. The van der Waals surface area contributed by atoms with Crippen molar-refractivity contribution in [3.63, 3.8) is 0 Å². The molecule has 2 aromatic carbocycles. The van der Waals surface area contributed by atoms with E-state index in [1.54, 1.807) is 0 Å². The first-order valence-corrected chi connectivity index (χ1v) is 9.99. The maximum Gasteiger partial charge on any atom is 0.279 e. The Hall–Kier alpha value is -2.71. The first-order chi connectivity index (χ1) is 13.6. The highest BCUT2D eigenvalue weighted by Gasteiger charge is 2.27. The molecule has 1 atom stereocenters. The molecule has 0 bridgehead atoms. The molecule has 0 radical (unpaired) electrons. The summed E-state index contributed by atoms with van der Waals surface area (Å²) in [5.41, 5.74) is 2.73. The number of nitriles is 1. The second kappa shape index (κ2) is 10.0. The van der Waals surface area contributed by atoms with Crippen LogP contribution in [-0.4, -0.2) is 18.5 Å². The summed E-state index contributed by atoms with van der Waals surface area (Å²) in [7, 11) is 0. The van der Waals surface area contributed by atoms with E-state index >= 15 is 0 Å². The molecule has 1 aliphatic rings. The van der Waals surface area contributed by atoms with Gasteiger partial charge in [0.25, 0.3) is 5.91 Å². The van der Waals surface area contributed by atoms with E-state index in [9.17, 15) is 9.18 Å². The number of quaternary nitrogens is 1. The van der Waals surface area contributed by atoms with Gasteiger partial charge in [0.2, 0.25) is 0 Å². The highest BCUT2D eigenvalue weighted by molar-refractivity contribution is 5.91. The topological polar surface area (TPSA) is 57.3 Å². The Morgan fingerprint density at radius 3 is 2.32 bits per heavy atom. The summed E-state index contributed by atoms with van der Waals surface area (Å²) in [6.45, 7) is 1.11. The van der Waals surface area contributed by atoms with Crippen molar-refractivity contribution in [2.75, 3.05) is 11.9 Å². The summed E-state index contributed by atoms with van der Waals surface area (Å²) in [5.74, 6) is -0.253. The van der Waals surface area contributed by atoms with E-state index in [4.69, 9.17) is 5.26 Å². The largest absolute Gasteiger partial charge is 0.321 e. The second-order valence-electron chi connectivity index (χ2n) is 7.55. The van der Waals surface area contributed by atoms with Crippen LogP contribution in [0.15, 0.2) is 48.5 Å². The Bertz CT molecular complexity index is 805. The first kappa shape index (κ1) is 20.0. The Balaban J connectivity index is 1.64. The molecule has 0 aliphatic heterocycles. The van der Waals surface area contributed by atoms with Crippen LogP contribution in [0.3, 0.4) is 0 Å². The van der Waals surface area contributed by atoms with Crippen LogP contribution in [0.4, 0.5) is 10.1 Å². The Kier molecular flexibility index (Phi) is 7.16. The number of nitrogens with zero attached hydrogens (tertiary/aromatic N) is 1. The monoisotopic (exact) mass is 380 g/mol. The summed E-state index contributed by atoms with van der Waals surface area (Å²) >= 11 is 0. The van der Waals surface area contributed by atoms with Gasteiger partial charge in [0.1, 0.15) is 12.4 Å². The third kappa shape index (κ3) is 5.90. The molecule has 4 nitrogen and oxygen atoms in total. The standard InChI is InChI=1S/C23H26FN3O/c24-20-10-6-19(7-11-20)16-27(22-4-2-1-3-5-22)17-23(28)26-21-12-8-18(9-13-21)14-15-25/h6-13,22H,1-5,14,16-17H2,(H,26,28)/p+1. The molecule has 3 rings (SSSR count). The molecule has 1 saturated carbocycles. The SMILES string of the molecule is N#CCc1ccc(NC(=O)C[NH+](Cc2ccc(F)cc2)C2CCCCC2)cc1. The zero-order valence-corrected chi connectivity index (χ0v) is 16.1. The summed E-state index contributed by atoms with van der Waals surface area (Å²) < 4.78 is 13.2. The number of carbonyl (C=O) groups is 1. The van der Waals surface area contributed by atoms with Gasteiger partial charge >= 0.3 is 0 Å². The van der Waals surface area contributed by atoms with Crippen molar-refractivity contribution < 1.29 is 14.1 Å². The van der Waals surface area contributed by atoms with Gasteiger partial charge in [-0.3, -0.25) is 4.79 Å². The Morgan fingerprint density at radius 2 is 1.68 bits per heavy atom. The zero-order chi connectivity index (χ0) is 19.8. The fourth-order valence-electron chi connectivity index (χ4n) is 3.94. The maximum absolute atomic E-state index is 13.2. The van der Waals surface area contributed by atoms with Crippen LogP contribution in [0.25, 0.3) is 0 Å². The van der Waals surface area contributed by atoms with Crippen molar-refractivity contribution in [2.45, 2.75) is 51.1 Å². The Morgan fingerprint density at radius 1 is 1.04 bits per heavy atom. The van der Waals surface area contributed by atoms with Crippen LogP contribution in [0.2, 0.25) is 0 Å². The summed E-state index contributed by atoms with van der Waals surface area (Å²) in [5, 5.41) is 11.7. The summed E-state index contributed by atoms with van der Waals surface area (Å²) in [4.78, 5) is 13.9. The minimum absolute atomic E-state index is 0.0179. The van der Waals surface area contributed by atoms with Crippen LogP contribution in [0, 0.1) is 17.1 Å². The molecular weight excluding hydrogens is 353 g/mol. The lowest BCUT2D eigenvalue weighted by atomic mass is 9.93. The average Bonchev–Trinajstić information content (AvgIpc) is 2.71. The first-order valence-electron chi connectivity index (χ1n) is 9.99. The number of benzene rings is 2. The van der Waals surface area contributed by atoms with Crippen molar-refractivity contribution in [3.8, 4) is 6.07 Å². The van der Waals surface area contributed by atoms with Crippen molar-refractivity contribution >= 4 is 11.6 Å². The second-order valence-corrected chi connectivity index (χ2v) is 7.55. The zero-order valence-electron chi connectivity index (χ0n) is 16.1. The average molecular weight is 380 g/mol. The van der Waals surface area contributed by atoms with Gasteiger partial charge in [0.15, 0.2) is 6.54 Å². The van der Waals surface area contributed by atoms with Gasteiger partial charge in [-0.15, -0.1) is 0 Å². The van der Waals surface area contributed by atoms with E-state index < -0.39 is 0 Å². The van der Waals surface area contributed by atoms with E-state index in [2.05, 4.69) is 11.4 Å². The van der Waals surface area contributed by atoms with Gasteiger partial charge < -0.3 is 10.2 Å². The molecule has 146 valence electrons. The number of hydrogen-bond donors (Lipinski definition) is 2. The molecule has 5 heteroatoms. The molecule has 28 heavy (non-hydrogen) atoms. The van der Waals surface area contributed by atoms with Crippen molar-refractivity contribution in [1.29, 1.82) is 5.26 Å². The number of carbonyl (C=O) groups excluding carboxylic acids is 1. The fraction of sp³-hybridized carbons (Fsp3) is 0.391. The molecule has 2 aromatic rings. The molecular formula is C23H27FN3O+. The molecule has 1 unspecified atom stereocenters. The molecule has 0 aromatic heterocycles. The van der Waals surface area contributed by atoms with Crippen LogP contribution in [-0.2, 0) is 17.8 Å². The minimum Gasteiger partial charge on any atom is -0.321 e. The van der Waals surface area contributed by atoms with Crippen LogP contribution >= 0.6 is 0 Å². The molecule has 1 fully saturated rings. The third-order valence-electron chi connectivity index (χ3n) is 5.44. The van der Waals surface area contributed by atoms with E-state index in [0.29, 0.717) is 19.0 Å². The lowest BCUT2D eigenvalue weighted by Gasteiger charge is -2.31. The van der Waals surface area contributed by atoms with Gasteiger partial charge in [0.05, 0.1) is 18.5 Å². The quantitative estimate of drug-likeness (QED) is 0.775. The molecule has 0 spiro atoms. The third-order valence-corrected chi connectivity index (χ3v) is 5.44. The lowest BCUT2D eigenvalue weighted by Crippen LogP contribution is -3.15. The van der Waals surface area contributed by atoms with Crippen LogP contribution in [0.1, 0.15) is 43.2 Å². The van der Waals surface area contributed by atoms with Gasteiger partial charge in [-0.25, -0.2) is 4.39 Å². The molecule has 1 amide bonds. The predicted molar refractivity (Wildman–Crippen MR) is 107 cm³/mol. The minimum atomic E-state index is -0.236. The van der Waals surface area contributed by atoms with E-state index in [0.717, 1.165) is 36.2 Å². The van der Waals surface area contributed by atoms with E-state index in [1.165, 1.54) is 36.3 Å². The number of anilines is 1. The Labute approximate surface area is 166 Å². The van der Waals surface area contributed by atoms with E-state index in [-0.39, 0.29) is 11.7 Å². The van der Waals surface area contributed by atoms with Crippen molar-refractivity contribution in [1.82, 2.24) is 0 Å². The smallest absolute Gasteiger partial charge is 0.279 e. The molecule has 0 heterocycles. The maximum atomic E-state index is 13.2. The lowest BCUT2D eigenvalue weighted by molar-refractivity contribution is -0.932. The van der Waals surface area contributed by atoms with Crippen LogP contribution < -0.4 is 10.2 Å². The van der Waals surface area contributed by atoms with E-state index in [1.807, 2.05) is 36.4 Å². The number of halogens is 1. The number of nitrogens with one attached hydrogen (secondary N) is 2. The molecule has 1 aliphatic carbocycles. The predicted octanol–water partition coefficient (Wildman–Crippen LogP) is 3.25. The number of rotatable bonds is 7. The van der Waals surface area contributed by atoms with Gasteiger partial charge in [-0.05, 0) is 55.5 Å². The number of amides is 1. The van der Waals surface area contributed by atoms with Crippen molar-refractivity contribution in [2.24, 2.45) is 0 Å². The highest BCUT2D eigenvalue weighted by atomic mass is 19.1. The normalized spacial score (nSPS) is 15.6. The summed E-state index contributed by atoms with van der Waals surface area (Å²) in [6.07, 6.45) is 6.31. The highest BCUT2D eigenvalue weighted by Crippen LogP contribution is 2.16. The summed E-state index contributed by atoms with van der Waals surface area (Å²) in [6, 6.07) is 16.6. The van der Waals surface area contributed by atoms with Gasteiger partial charge in [0, 0.05) is 11.3 Å². The van der Waals surface area contributed by atoms with Gasteiger partial charge in [-0.1, -0.05) is 30.7 Å². The molecule has 2 N–H and O–H groups in total. The fourth-order valence-corrected chi connectivity index (χ4v) is 3.94. The van der Waals surface area contributed by atoms with Crippen LogP contribution in [0.5, 0.6) is 0 Å². The van der Waals surface area contributed by atoms with Crippen molar-refractivity contribution in [3.05, 3.63) is 65.5 Å². The molecule has 0 saturated heterocycles. The van der Waals surface area contributed by atoms with Gasteiger partial charge in [-0.2, -0.15) is 5.26 Å².